The van der Waals surface area contributed by atoms with E-state index < -0.39 is 0 Å². The minimum Gasteiger partial charge on any atom is -0.311 e. The van der Waals surface area contributed by atoms with Crippen molar-refractivity contribution in [2.45, 2.75) is 0 Å². The summed E-state index contributed by atoms with van der Waals surface area (Å²) < 4.78 is 0. The highest BCUT2D eigenvalue weighted by Crippen LogP contribution is 2.38. The zero-order valence-corrected chi connectivity index (χ0v) is 24.4. The topological polar surface area (TPSA) is 50.8 Å². The van der Waals surface area contributed by atoms with Gasteiger partial charge in [-0.15, -0.1) is 0 Å². The first-order chi connectivity index (χ1) is 22.2. The second-order valence-electron chi connectivity index (χ2n) is 10.9. The summed E-state index contributed by atoms with van der Waals surface area (Å²) in [6.45, 7) is 0. The molecular formula is C42H27N3. The van der Waals surface area contributed by atoms with Crippen LogP contribution in [-0.2, 0) is 0 Å². The van der Waals surface area contributed by atoms with Crippen LogP contribution in [0.3, 0.4) is 0 Å². The van der Waals surface area contributed by atoms with Crippen molar-refractivity contribution in [1.82, 2.24) is 0 Å². The number of rotatable bonds is 6. The molecule has 0 unspecified atom stereocenters. The molecule has 0 saturated heterocycles. The Morgan fingerprint density at radius 1 is 0.333 bits per heavy atom. The van der Waals surface area contributed by atoms with E-state index in [9.17, 15) is 10.5 Å². The van der Waals surface area contributed by atoms with Crippen LogP contribution in [0.2, 0.25) is 0 Å². The Morgan fingerprint density at radius 3 is 1.07 bits per heavy atom. The van der Waals surface area contributed by atoms with Crippen LogP contribution >= 0.6 is 0 Å². The number of benzene rings is 7. The molecule has 0 aliphatic heterocycles. The molecule has 0 aliphatic rings. The smallest absolute Gasteiger partial charge is 0.0991 e. The lowest BCUT2D eigenvalue weighted by atomic mass is 10.0. The van der Waals surface area contributed by atoms with E-state index in [1.165, 1.54) is 16.3 Å². The van der Waals surface area contributed by atoms with Crippen LogP contribution < -0.4 is 4.90 Å². The van der Waals surface area contributed by atoms with Crippen LogP contribution in [0.15, 0.2) is 164 Å². The highest BCUT2D eigenvalue weighted by atomic mass is 15.1. The number of hydrogen-bond donors (Lipinski definition) is 0. The third kappa shape index (κ3) is 5.67. The first-order valence-corrected chi connectivity index (χ1v) is 14.8. The highest BCUT2D eigenvalue weighted by molar-refractivity contribution is 5.88. The molecule has 7 aromatic carbocycles. The molecule has 0 aliphatic carbocycles. The average Bonchev–Trinajstić information content (AvgIpc) is 3.12. The van der Waals surface area contributed by atoms with E-state index in [1.807, 2.05) is 48.5 Å². The third-order valence-electron chi connectivity index (χ3n) is 8.15. The molecule has 3 heteroatoms. The van der Waals surface area contributed by atoms with Gasteiger partial charge in [0, 0.05) is 17.1 Å². The zero-order valence-electron chi connectivity index (χ0n) is 24.4. The van der Waals surface area contributed by atoms with E-state index in [-0.39, 0.29) is 0 Å². The lowest BCUT2D eigenvalue weighted by Gasteiger charge is -2.26. The van der Waals surface area contributed by atoms with Crippen molar-refractivity contribution in [3.63, 3.8) is 0 Å². The van der Waals surface area contributed by atoms with Crippen molar-refractivity contribution in [2.75, 3.05) is 4.90 Å². The van der Waals surface area contributed by atoms with Crippen LogP contribution in [0.5, 0.6) is 0 Å². The quantitative estimate of drug-likeness (QED) is 0.199. The molecule has 0 atom stereocenters. The van der Waals surface area contributed by atoms with Crippen LogP contribution in [0.4, 0.5) is 17.1 Å². The van der Waals surface area contributed by atoms with Gasteiger partial charge in [0.05, 0.1) is 23.3 Å². The summed E-state index contributed by atoms with van der Waals surface area (Å²) in [5.74, 6) is 0. The first kappa shape index (κ1) is 27.4. The summed E-state index contributed by atoms with van der Waals surface area (Å²) in [5, 5.41) is 20.8. The summed E-state index contributed by atoms with van der Waals surface area (Å²) in [6, 6.07) is 60.5. The molecular weight excluding hydrogens is 546 g/mol. The number of nitriles is 2. The van der Waals surface area contributed by atoms with Gasteiger partial charge in [-0.2, -0.15) is 10.5 Å². The predicted molar refractivity (Wildman–Crippen MR) is 184 cm³/mol. The van der Waals surface area contributed by atoms with E-state index in [0.717, 1.165) is 44.9 Å². The molecule has 0 N–H and O–H groups in total. The average molecular weight is 574 g/mol. The van der Waals surface area contributed by atoms with Crippen LogP contribution in [0, 0.1) is 22.7 Å². The maximum atomic E-state index is 9.17. The molecule has 7 rings (SSSR count). The van der Waals surface area contributed by atoms with Gasteiger partial charge in [-0.1, -0.05) is 97.1 Å². The maximum Gasteiger partial charge on any atom is 0.0991 e. The van der Waals surface area contributed by atoms with Crippen LogP contribution in [-0.4, -0.2) is 0 Å². The van der Waals surface area contributed by atoms with E-state index in [1.54, 1.807) is 0 Å². The van der Waals surface area contributed by atoms with Crippen LogP contribution in [0.1, 0.15) is 11.1 Å². The van der Waals surface area contributed by atoms with Crippen LogP contribution in [0.25, 0.3) is 44.2 Å². The van der Waals surface area contributed by atoms with Gasteiger partial charge in [0.25, 0.3) is 0 Å². The highest BCUT2D eigenvalue weighted by Gasteiger charge is 2.14. The monoisotopic (exact) mass is 573 g/mol. The largest absolute Gasteiger partial charge is 0.311 e. The van der Waals surface area contributed by atoms with Crippen molar-refractivity contribution in [1.29, 1.82) is 10.5 Å². The minimum atomic E-state index is 0.651. The predicted octanol–water partition coefficient (Wildman–Crippen LogP) is 11.1. The molecule has 210 valence electrons. The molecule has 0 saturated carbocycles. The molecule has 3 nitrogen and oxygen atoms in total. The Bertz CT molecular complexity index is 2080. The Hall–Kier alpha value is -6.42. The standard InChI is InChI=1S/C42H27N3/c43-28-30-5-9-33(10-6-30)35-15-21-40(22-16-35)45(41-23-17-36(18-24-41)34-11-7-31(29-44)8-12-34)42-25-19-37(20-26-42)39-14-13-32-3-1-2-4-38(32)27-39/h1-27H. The molecule has 0 fully saturated rings. The summed E-state index contributed by atoms with van der Waals surface area (Å²) in [4.78, 5) is 2.26. The molecule has 0 heterocycles. The number of hydrogen-bond acceptors (Lipinski definition) is 3. The first-order valence-electron chi connectivity index (χ1n) is 14.8. The van der Waals surface area contributed by atoms with Gasteiger partial charge < -0.3 is 4.90 Å². The molecule has 0 bridgehead atoms. The van der Waals surface area contributed by atoms with E-state index in [0.29, 0.717) is 11.1 Å². The third-order valence-corrected chi connectivity index (χ3v) is 8.15. The molecule has 0 amide bonds. The van der Waals surface area contributed by atoms with Crippen molar-refractivity contribution in [2.24, 2.45) is 0 Å². The van der Waals surface area contributed by atoms with Crippen molar-refractivity contribution in [3.05, 3.63) is 175 Å². The summed E-state index contributed by atoms with van der Waals surface area (Å²) >= 11 is 0. The summed E-state index contributed by atoms with van der Waals surface area (Å²) in [6.07, 6.45) is 0. The molecule has 0 radical (unpaired) electrons. The Labute approximate surface area is 263 Å². The van der Waals surface area contributed by atoms with Gasteiger partial charge in [0.1, 0.15) is 0 Å². The molecule has 0 aromatic heterocycles. The van der Waals surface area contributed by atoms with Crippen molar-refractivity contribution < 1.29 is 0 Å². The second-order valence-corrected chi connectivity index (χ2v) is 10.9. The van der Waals surface area contributed by atoms with Gasteiger partial charge in [-0.25, -0.2) is 0 Å². The van der Waals surface area contributed by atoms with Gasteiger partial charge in [0.15, 0.2) is 0 Å². The summed E-state index contributed by atoms with van der Waals surface area (Å²) in [7, 11) is 0. The van der Waals surface area contributed by atoms with Gasteiger partial charge in [-0.3, -0.25) is 0 Å². The number of anilines is 3. The van der Waals surface area contributed by atoms with E-state index >= 15 is 0 Å². The van der Waals surface area contributed by atoms with Gasteiger partial charge >= 0.3 is 0 Å². The fourth-order valence-corrected chi connectivity index (χ4v) is 5.70. The van der Waals surface area contributed by atoms with Gasteiger partial charge in [-0.05, 0) is 111 Å². The summed E-state index contributed by atoms with van der Waals surface area (Å²) in [5.41, 5.74) is 11.1. The lowest BCUT2D eigenvalue weighted by Crippen LogP contribution is -2.09. The molecule has 7 aromatic rings. The normalized spacial score (nSPS) is 10.6. The minimum absolute atomic E-state index is 0.651. The molecule has 0 spiro atoms. The fraction of sp³-hybridized carbons (Fsp3) is 0. The van der Waals surface area contributed by atoms with Crippen molar-refractivity contribution >= 4 is 27.8 Å². The van der Waals surface area contributed by atoms with Gasteiger partial charge in [0.2, 0.25) is 0 Å². The number of nitrogens with zero attached hydrogens (tertiary/aromatic N) is 3. The zero-order chi connectivity index (χ0) is 30.6. The fourth-order valence-electron chi connectivity index (χ4n) is 5.70. The second kappa shape index (κ2) is 12.1. The number of fused-ring (bicyclic) bond motifs is 1. The van der Waals surface area contributed by atoms with Crippen molar-refractivity contribution in [3.8, 4) is 45.5 Å². The molecule has 45 heavy (non-hydrogen) atoms. The Kier molecular flexibility index (Phi) is 7.35. The lowest BCUT2D eigenvalue weighted by molar-refractivity contribution is 1.28. The SMILES string of the molecule is N#Cc1ccc(-c2ccc(N(c3ccc(-c4ccc(C#N)cc4)cc3)c3ccc(-c4ccc5ccccc5c4)cc3)cc2)cc1. The Morgan fingerprint density at radius 2 is 0.667 bits per heavy atom. The Balaban J connectivity index is 1.25. The maximum absolute atomic E-state index is 9.17. The van der Waals surface area contributed by atoms with E-state index in [4.69, 9.17) is 0 Å². The van der Waals surface area contributed by atoms with E-state index in [2.05, 4.69) is 132 Å².